The van der Waals surface area contributed by atoms with Crippen LogP contribution in [0.1, 0.15) is 11.3 Å². The third kappa shape index (κ3) is 4.72. The first-order valence-electron chi connectivity index (χ1n) is 5.39. The minimum atomic E-state index is -3.35. The minimum absolute atomic E-state index is 0.336. The Balaban J connectivity index is 2.51. The number of nitrogens with one attached hydrogen (secondary N) is 1. The Labute approximate surface area is 107 Å². The summed E-state index contributed by atoms with van der Waals surface area (Å²) in [5, 5.41) is 0. The van der Waals surface area contributed by atoms with Gasteiger partial charge in [0.05, 0.1) is 0 Å². The average molecular weight is 277 g/mol. The summed E-state index contributed by atoms with van der Waals surface area (Å²) in [5.41, 5.74) is 5.45. The van der Waals surface area contributed by atoms with Gasteiger partial charge in [0, 0.05) is 18.0 Å². The van der Waals surface area contributed by atoms with E-state index >= 15 is 0 Å². The number of rotatable bonds is 7. The molecule has 3 N–H and O–H groups in total. The van der Waals surface area contributed by atoms with Crippen LogP contribution in [0.15, 0.2) is 16.3 Å². The van der Waals surface area contributed by atoms with Crippen LogP contribution in [-0.2, 0) is 16.6 Å². The van der Waals surface area contributed by atoms with Gasteiger partial charge >= 0.3 is 0 Å². The highest BCUT2D eigenvalue weighted by Crippen LogP contribution is 2.20. The molecule has 0 fully saturated rings. The number of sulfonamides is 1. The fourth-order valence-electron chi connectivity index (χ4n) is 1.29. The summed E-state index contributed by atoms with van der Waals surface area (Å²) >= 11 is 1.22. The summed E-state index contributed by atoms with van der Waals surface area (Å²) in [6.45, 7) is 1.69. The summed E-state index contributed by atoms with van der Waals surface area (Å²) in [7, 11) is 0.566. The van der Waals surface area contributed by atoms with E-state index in [1.807, 2.05) is 19.0 Å². The van der Waals surface area contributed by atoms with Gasteiger partial charge in [0.2, 0.25) is 10.0 Å². The molecule has 0 aliphatic carbocycles. The van der Waals surface area contributed by atoms with Gasteiger partial charge in [-0.15, -0.1) is 11.3 Å². The van der Waals surface area contributed by atoms with Gasteiger partial charge < -0.3 is 10.6 Å². The Morgan fingerprint density at radius 1 is 1.41 bits per heavy atom. The van der Waals surface area contributed by atoms with Crippen molar-refractivity contribution < 1.29 is 8.42 Å². The molecule has 0 saturated carbocycles. The molecule has 5 nitrogen and oxygen atoms in total. The van der Waals surface area contributed by atoms with Gasteiger partial charge in [-0.3, -0.25) is 0 Å². The predicted molar refractivity (Wildman–Crippen MR) is 70.6 cm³/mol. The van der Waals surface area contributed by atoms with Crippen molar-refractivity contribution in [1.29, 1.82) is 0 Å². The van der Waals surface area contributed by atoms with Crippen LogP contribution in [0, 0.1) is 0 Å². The molecule has 0 saturated heterocycles. The van der Waals surface area contributed by atoms with Crippen LogP contribution in [-0.4, -0.2) is 40.5 Å². The molecule has 7 heteroatoms. The molecule has 1 heterocycles. The first-order chi connectivity index (χ1) is 7.95. The summed E-state index contributed by atoms with van der Waals surface area (Å²) in [6.07, 6.45) is 0.793. The second kappa shape index (κ2) is 6.46. The van der Waals surface area contributed by atoms with Crippen molar-refractivity contribution in [2.24, 2.45) is 5.73 Å². The van der Waals surface area contributed by atoms with Crippen LogP contribution in [0.5, 0.6) is 0 Å². The molecule has 0 amide bonds. The van der Waals surface area contributed by atoms with Crippen LogP contribution < -0.4 is 10.5 Å². The molecule has 0 atom stereocenters. The predicted octanol–water partition coefficient (Wildman–Crippen LogP) is 0.437. The maximum Gasteiger partial charge on any atom is 0.250 e. The van der Waals surface area contributed by atoms with Gasteiger partial charge in [-0.1, -0.05) is 0 Å². The monoisotopic (exact) mass is 277 g/mol. The Morgan fingerprint density at radius 3 is 2.65 bits per heavy atom. The van der Waals surface area contributed by atoms with Crippen molar-refractivity contribution in [3.05, 3.63) is 17.0 Å². The van der Waals surface area contributed by atoms with Gasteiger partial charge in [-0.05, 0) is 39.2 Å². The third-order valence-corrected chi connectivity index (χ3v) is 5.24. The van der Waals surface area contributed by atoms with Crippen molar-refractivity contribution in [2.75, 3.05) is 27.2 Å². The lowest BCUT2D eigenvalue weighted by molar-refractivity contribution is 0.400. The highest BCUT2D eigenvalue weighted by molar-refractivity contribution is 7.91. The van der Waals surface area contributed by atoms with Crippen molar-refractivity contribution in [3.8, 4) is 0 Å². The lowest BCUT2D eigenvalue weighted by Crippen LogP contribution is -2.26. The number of nitrogens with two attached hydrogens (primary N) is 1. The molecule has 98 valence electrons. The molecular weight excluding hydrogens is 258 g/mol. The smallest absolute Gasteiger partial charge is 0.250 e. The summed E-state index contributed by atoms with van der Waals surface area (Å²) in [4.78, 5) is 2.89. The van der Waals surface area contributed by atoms with E-state index < -0.39 is 10.0 Å². The molecule has 0 aliphatic rings. The van der Waals surface area contributed by atoms with Crippen LogP contribution in [0.4, 0.5) is 0 Å². The molecule has 1 aromatic rings. The van der Waals surface area contributed by atoms with Crippen LogP contribution in [0.3, 0.4) is 0 Å². The van der Waals surface area contributed by atoms with Gasteiger partial charge in [0.15, 0.2) is 0 Å². The summed E-state index contributed by atoms with van der Waals surface area (Å²) < 4.78 is 26.6. The zero-order valence-corrected chi connectivity index (χ0v) is 11.8. The zero-order valence-electron chi connectivity index (χ0n) is 10.1. The van der Waals surface area contributed by atoms with Gasteiger partial charge in [-0.25, -0.2) is 13.1 Å². The molecule has 1 aromatic heterocycles. The van der Waals surface area contributed by atoms with E-state index in [4.69, 9.17) is 5.73 Å². The van der Waals surface area contributed by atoms with E-state index in [1.165, 1.54) is 11.3 Å². The Morgan fingerprint density at radius 2 is 2.12 bits per heavy atom. The standard InChI is InChI=1S/C10H19N3O2S2/c1-13(2)7-3-6-12-17(14,15)10-5-4-9(8-11)16-10/h4-5,12H,3,6-8,11H2,1-2H3. The maximum absolute atomic E-state index is 11.9. The summed E-state index contributed by atoms with van der Waals surface area (Å²) in [5.74, 6) is 0. The number of hydrogen-bond acceptors (Lipinski definition) is 5. The summed E-state index contributed by atoms with van der Waals surface area (Å²) in [6, 6.07) is 3.35. The highest BCUT2D eigenvalue weighted by Gasteiger charge is 2.15. The van der Waals surface area contributed by atoms with Crippen molar-refractivity contribution in [2.45, 2.75) is 17.2 Å². The van der Waals surface area contributed by atoms with Gasteiger partial charge in [0.25, 0.3) is 0 Å². The van der Waals surface area contributed by atoms with Gasteiger partial charge in [0.1, 0.15) is 4.21 Å². The molecule has 0 aromatic carbocycles. The Kier molecular flexibility index (Phi) is 5.54. The first kappa shape index (κ1) is 14.6. The molecule has 1 rings (SSSR count). The highest BCUT2D eigenvalue weighted by atomic mass is 32.2. The largest absolute Gasteiger partial charge is 0.326 e. The lowest BCUT2D eigenvalue weighted by atomic mass is 10.4. The molecular formula is C10H19N3O2S2. The van der Waals surface area contributed by atoms with E-state index in [1.54, 1.807) is 12.1 Å². The van der Waals surface area contributed by atoms with Crippen LogP contribution >= 0.6 is 11.3 Å². The van der Waals surface area contributed by atoms with Gasteiger partial charge in [-0.2, -0.15) is 0 Å². The van der Waals surface area contributed by atoms with Crippen LogP contribution in [0.2, 0.25) is 0 Å². The van der Waals surface area contributed by atoms with Crippen molar-refractivity contribution >= 4 is 21.4 Å². The topological polar surface area (TPSA) is 75.4 Å². The number of hydrogen-bond donors (Lipinski definition) is 2. The van der Waals surface area contributed by atoms with Crippen molar-refractivity contribution in [3.63, 3.8) is 0 Å². The molecule has 0 radical (unpaired) electrons. The maximum atomic E-state index is 11.9. The molecule has 17 heavy (non-hydrogen) atoms. The molecule has 0 spiro atoms. The molecule has 0 unspecified atom stereocenters. The SMILES string of the molecule is CN(C)CCCNS(=O)(=O)c1ccc(CN)s1. The second-order valence-corrected chi connectivity index (χ2v) is 7.14. The zero-order chi connectivity index (χ0) is 12.9. The molecule has 0 bridgehead atoms. The molecule has 0 aliphatic heterocycles. The quantitative estimate of drug-likeness (QED) is 0.709. The number of nitrogens with zero attached hydrogens (tertiary/aromatic N) is 1. The fraction of sp³-hybridized carbons (Fsp3) is 0.600. The van der Waals surface area contributed by atoms with E-state index in [0.29, 0.717) is 17.3 Å². The van der Waals surface area contributed by atoms with E-state index in [9.17, 15) is 8.42 Å². The van der Waals surface area contributed by atoms with E-state index in [0.717, 1.165) is 17.8 Å². The van der Waals surface area contributed by atoms with E-state index in [-0.39, 0.29) is 0 Å². The van der Waals surface area contributed by atoms with E-state index in [2.05, 4.69) is 4.72 Å². The average Bonchev–Trinajstić information content (AvgIpc) is 2.73. The fourth-order valence-corrected chi connectivity index (χ4v) is 3.64. The lowest BCUT2D eigenvalue weighted by Gasteiger charge is -2.09. The second-order valence-electron chi connectivity index (χ2n) is 3.98. The first-order valence-corrected chi connectivity index (χ1v) is 7.69. The van der Waals surface area contributed by atoms with Crippen molar-refractivity contribution in [1.82, 2.24) is 9.62 Å². The number of thiophene rings is 1. The Hall–Kier alpha value is -0.470. The minimum Gasteiger partial charge on any atom is -0.326 e. The third-order valence-electron chi connectivity index (χ3n) is 2.18. The normalized spacial score (nSPS) is 12.2. The van der Waals surface area contributed by atoms with Crippen LogP contribution in [0.25, 0.3) is 0 Å². The Bertz CT molecular complexity index is 440.